The Labute approximate surface area is 86.0 Å². The van der Waals surface area contributed by atoms with Gasteiger partial charge in [0.15, 0.2) is 0 Å². The van der Waals surface area contributed by atoms with Crippen molar-refractivity contribution in [2.24, 2.45) is 0 Å². The number of likely N-dealkylation sites (N-methyl/N-ethyl adjacent to an activating group) is 1. The van der Waals surface area contributed by atoms with Crippen molar-refractivity contribution in [2.75, 3.05) is 32.9 Å². The second-order valence-corrected chi connectivity index (χ2v) is 2.97. The molecule has 14 heavy (non-hydrogen) atoms. The van der Waals surface area contributed by atoms with Gasteiger partial charge in [-0.25, -0.2) is 0 Å². The average molecular weight is 203 g/mol. The Balaban J connectivity index is 3.07. The van der Waals surface area contributed by atoms with E-state index in [1.54, 1.807) is 0 Å². The van der Waals surface area contributed by atoms with E-state index in [1.807, 2.05) is 6.92 Å². The largest absolute Gasteiger partial charge is 0.462 e. The number of hydrogen-bond acceptors (Lipinski definition) is 4. The Kier molecular flexibility index (Phi) is 10.0. The molecule has 0 aliphatic heterocycles. The lowest BCUT2D eigenvalue weighted by molar-refractivity contribution is -0.144. The van der Waals surface area contributed by atoms with Gasteiger partial charge in [0, 0.05) is 6.61 Å². The fraction of sp³-hybridized carbons (Fsp3) is 0.900. The molecule has 0 spiro atoms. The Morgan fingerprint density at radius 1 is 1.21 bits per heavy atom. The number of esters is 1. The third kappa shape index (κ3) is 9.48. The molecule has 0 aromatic heterocycles. The van der Waals surface area contributed by atoms with Crippen molar-refractivity contribution in [1.82, 2.24) is 5.32 Å². The fourth-order valence-electron chi connectivity index (χ4n) is 0.841. The molecule has 0 heterocycles. The van der Waals surface area contributed by atoms with Crippen molar-refractivity contribution in [3.05, 3.63) is 0 Å². The smallest absolute Gasteiger partial charge is 0.319 e. The van der Waals surface area contributed by atoms with Gasteiger partial charge in [0.25, 0.3) is 0 Å². The molecule has 4 heteroatoms. The summed E-state index contributed by atoms with van der Waals surface area (Å²) in [6.07, 6.45) is 2.19. The summed E-state index contributed by atoms with van der Waals surface area (Å²) in [5, 5.41) is 2.89. The highest BCUT2D eigenvalue weighted by molar-refractivity contribution is 5.71. The van der Waals surface area contributed by atoms with Gasteiger partial charge < -0.3 is 14.8 Å². The normalized spacial score (nSPS) is 10.1. The van der Waals surface area contributed by atoms with Gasteiger partial charge in [-0.2, -0.15) is 0 Å². The molecule has 0 aliphatic rings. The van der Waals surface area contributed by atoms with E-state index in [0.717, 1.165) is 26.0 Å². The van der Waals surface area contributed by atoms with Crippen LogP contribution in [-0.4, -0.2) is 38.9 Å². The molecule has 0 saturated heterocycles. The number of unbranched alkanes of at least 4 members (excludes halogenated alkanes) is 1. The van der Waals surface area contributed by atoms with E-state index in [4.69, 9.17) is 9.47 Å². The van der Waals surface area contributed by atoms with Gasteiger partial charge in [-0.05, 0) is 13.0 Å². The topological polar surface area (TPSA) is 47.6 Å². The van der Waals surface area contributed by atoms with Gasteiger partial charge in [0.1, 0.15) is 6.61 Å². The summed E-state index contributed by atoms with van der Waals surface area (Å²) in [4.78, 5) is 11.0. The zero-order chi connectivity index (χ0) is 10.6. The van der Waals surface area contributed by atoms with Crippen molar-refractivity contribution in [3.8, 4) is 0 Å². The zero-order valence-corrected chi connectivity index (χ0v) is 9.17. The van der Waals surface area contributed by atoms with Crippen molar-refractivity contribution >= 4 is 5.97 Å². The number of hydrogen-bond donors (Lipinski definition) is 1. The third-order valence-electron chi connectivity index (χ3n) is 1.65. The number of nitrogens with one attached hydrogen (secondary N) is 1. The van der Waals surface area contributed by atoms with E-state index < -0.39 is 0 Å². The van der Waals surface area contributed by atoms with Crippen molar-refractivity contribution in [2.45, 2.75) is 26.7 Å². The molecule has 0 rings (SSSR count). The van der Waals surface area contributed by atoms with Crippen LogP contribution in [0.1, 0.15) is 26.7 Å². The molecule has 0 bridgehead atoms. The van der Waals surface area contributed by atoms with Gasteiger partial charge >= 0.3 is 5.97 Å². The summed E-state index contributed by atoms with van der Waals surface area (Å²) in [5.41, 5.74) is 0. The van der Waals surface area contributed by atoms with E-state index in [9.17, 15) is 4.79 Å². The Hall–Kier alpha value is -0.610. The summed E-state index contributed by atoms with van der Waals surface area (Å²) in [6, 6.07) is 0. The first-order chi connectivity index (χ1) is 6.81. The van der Waals surface area contributed by atoms with Crippen LogP contribution >= 0.6 is 0 Å². The number of carbonyl (C=O) groups excluding carboxylic acids is 1. The second kappa shape index (κ2) is 10.5. The zero-order valence-electron chi connectivity index (χ0n) is 9.17. The summed E-state index contributed by atoms with van der Waals surface area (Å²) in [6.45, 7) is 6.72. The lowest BCUT2D eigenvalue weighted by atomic mass is 10.4. The first-order valence-electron chi connectivity index (χ1n) is 5.25. The van der Waals surface area contributed by atoms with Gasteiger partial charge in [0.2, 0.25) is 0 Å². The maximum atomic E-state index is 11.0. The van der Waals surface area contributed by atoms with Gasteiger partial charge in [0.05, 0.1) is 13.2 Å². The van der Waals surface area contributed by atoms with Crippen molar-refractivity contribution < 1.29 is 14.3 Å². The van der Waals surface area contributed by atoms with E-state index in [-0.39, 0.29) is 12.5 Å². The molecule has 4 nitrogen and oxygen atoms in total. The maximum absolute atomic E-state index is 11.0. The Morgan fingerprint density at radius 3 is 2.64 bits per heavy atom. The van der Waals surface area contributed by atoms with Crippen LogP contribution in [0.15, 0.2) is 0 Å². The second-order valence-electron chi connectivity index (χ2n) is 2.97. The SMILES string of the molecule is CCCCOCCOC(=O)CNCC. The minimum absolute atomic E-state index is 0.217. The Bertz CT molecular complexity index is 139. The minimum atomic E-state index is -0.217. The number of rotatable bonds is 9. The molecule has 0 aliphatic carbocycles. The van der Waals surface area contributed by atoms with Gasteiger partial charge in [-0.1, -0.05) is 20.3 Å². The van der Waals surface area contributed by atoms with Crippen LogP contribution in [0.4, 0.5) is 0 Å². The minimum Gasteiger partial charge on any atom is -0.462 e. The molecule has 1 N–H and O–H groups in total. The molecule has 0 aromatic carbocycles. The van der Waals surface area contributed by atoms with Gasteiger partial charge in [-0.15, -0.1) is 0 Å². The summed E-state index contributed by atoms with van der Waals surface area (Å²) in [7, 11) is 0. The van der Waals surface area contributed by atoms with E-state index in [1.165, 1.54) is 0 Å². The lowest BCUT2D eigenvalue weighted by Gasteiger charge is -2.05. The van der Waals surface area contributed by atoms with Crippen LogP contribution in [-0.2, 0) is 14.3 Å². The number of ether oxygens (including phenoxy) is 2. The van der Waals surface area contributed by atoms with E-state index in [0.29, 0.717) is 13.2 Å². The lowest BCUT2D eigenvalue weighted by Crippen LogP contribution is -2.25. The first kappa shape index (κ1) is 13.4. The van der Waals surface area contributed by atoms with Crippen LogP contribution in [0.25, 0.3) is 0 Å². The molecule has 0 unspecified atom stereocenters. The van der Waals surface area contributed by atoms with Crippen molar-refractivity contribution in [3.63, 3.8) is 0 Å². The maximum Gasteiger partial charge on any atom is 0.319 e. The summed E-state index contributed by atoms with van der Waals surface area (Å²) in [5.74, 6) is -0.217. The van der Waals surface area contributed by atoms with E-state index in [2.05, 4.69) is 12.2 Å². The molecule has 0 aromatic rings. The highest BCUT2D eigenvalue weighted by Gasteiger charge is 1.99. The molecular weight excluding hydrogens is 182 g/mol. The highest BCUT2D eigenvalue weighted by atomic mass is 16.6. The molecule has 0 saturated carbocycles. The quantitative estimate of drug-likeness (QED) is 0.448. The monoisotopic (exact) mass is 203 g/mol. The summed E-state index contributed by atoms with van der Waals surface area (Å²) >= 11 is 0. The molecule has 0 radical (unpaired) electrons. The van der Waals surface area contributed by atoms with Crippen molar-refractivity contribution in [1.29, 1.82) is 0 Å². The number of carbonyl (C=O) groups is 1. The van der Waals surface area contributed by atoms with Crippen LogP contribution < -0.4 is 5.32 Å². The summed E-state index contributed by atoms with van der Waals surface area (Å²) < 4.78 is 10.1. The molecule has 0 atom stereocenters. The standard InChI is InChI=1S/C10H21NO3/c1-3-5-6-13-7-8-14-10(12)9-11-4-2/h11H,3-9H2,1-2H3. The third-order valence-corrected chi connectivity index (χ3v) is 1.65. The Morgan fingerprint density at radius 2 is 2.00 bits per heavy atom. The molecule has 0 fully saturated rings. The molecule has 0 amide bonds. The first-order valence-corrected chi connectivity index (χ1v) is 5.25. The van der Waals surface area contributed by atoms with Crippen LogP contribution in [0, 0.1) is 0 Å². The highest BCUT2D eigenvalue weighted by Crippen LogP contribution is 1.87. The van der Waals surface area contributed by atoms with Crippen LogP contribution in [0.5, 0.6) is 0 Å². The molecular formula is C10H21NO3. The fourth-order valence-corrected chi connectivity index (χ4v) is 0.841. The van der Waals surface area contributed by atoms with Crippen LogP contribution in [0.2, 0.25) is 0 Å². The van der Waals surface area contributed by atoms with E-state index >= 15 is 0 Å². The average Bonchev–Trinajstić information content (AvgIpc) is 2.20. The van der Waals surface area contributed by atoms with Gasteiger partial charge in [-0.3, -0.25) is 4.79 Å². The predicted octanol–water partition coefficient (Wildman–Crippen LogP) is 0.956. The van der Waals surface area contributed by atoms with Crippen LogP contribution in [0.3, 0.4) is 0 Å². The predicted molar refractivity (Wildman–Crippen MR) is 55.2 cm³/mol. The molecule has 84 valence electrons.